The zero-order valence-electron chi connectivity index (χ0n) is 17.9. The van der Waals surface area contributed by atoms with Crippen LogP contribution in [0.2, 0.25) is 5.02 Å². The highest BCUT2D eigenvalue weighted by Gasteiger charge is 2.34. The Labute approximate surface area is 187 Å². The number of carbonyl (C=O) groups is 1. The van der Waals surface area contributed by atoms with Gasteiger partial charge >= 0.3 is 5.97 Å². The van der Waals surface area contributed by atoms with Crippen LogP contribution in [-0.2, 0) is 11.2 Å². The van der Waals surface area contributed by atoms with Gasteiger partial charge in [0.2, 0.25) is 0 Å². The molecule has 5 rings (SSSR count). The normalized spacial score (nSPS) is 24.4. The Morgan fingerprint density at radius 2 is 2.03 bits per heavy atom. The zero-order valence-corrected chi connectivity index (χ0v) is 18.6. The Kier molecular flexibility index (Phi) is 5.43. The number of aliphatic hydroxyl groups excluding tert-OH is 1. The number of fused-ring (bicyclic) bond motifs is 1. The highest BCUT2D eigenvalue weighted by atomic mass is 35.5. The third kappa shape index (κ3) is 3.72. The molecular weight excluding hydrogens is 412 g/mol. The van der Waals surface area contributed by atoms with Crippen LogP contribution in [0.15, 0.2) is 24.3 Å². The summed E-state index contributed by atoms with van der Waals surface area (Å²) in [6, 6.07) is 5.89. The Bertz CT molecular complexity index is 1050. The first-order valence-electron chi connectivity index (χ1n) is 11.5. The van der Waals surface area contributed by atoms with E-state index < -0.39 is 12.2 Å². The number of nitrogens with zero attached hydrogens (tertiary/aromatic N) is 2. The summed E-state index contributed by atoms with van der Waals surface area (Å²) in [5, 5.41) is 26.4. The molecule has 1 saturated carbocycles. The quantitative estimate of drug-likeness (QED) is 0.628. The molecule has 3 atom stereocenters. The van der Waals surface area contributed by atoms with E-state index in [1.54, 1.807) is 4.68 Å². The summed E-state index contributed by atoms with van der Waals surface area (Å²) in [6.45, 7) is 2.23. The van der Waals surface area contributed by atoms with Crippen LogP contribution in [0, 0.1) is 5.92 Å². The maximum Gasteiger partial charge on any atom is 0.306 e. The molecule has 0 amide bonds. The number of aliphatic carboxylic acids is 1. The molecule has 3 aliphatic carbocycles. The van der Waals surface area contributed by atoms with Gasteiger partial charge in [0, 0.05) is 21.8 Å². The molecule has 0 bridgehead atoms. The molecule has 1 heterocycles. The summed E-state index contributed by atoms with van der Waals surface area (Å²) in [6.07, 6.45) is 8.36. The number of rotatable bonds is 5. The van der Waals surface area contributed by atoms with Crippen molar-refractivity contribution in [3.8, 4) is 0 Å². The van der Waals surface area contributed by atoms with E-state index in [0.29, 0.717) is 36.1 Å². The molecule has 2 aromatic rings. The predicted octanol–water partition coefficient (Wildman–Crippen LogP) is 5.66. The van der Waals surface area contributed by atoms with Crippen molar-refractivity contribution in [2.45, 2.75) is 76.4 Å². The Morgan fingerprint density at radius 1 is 1.23 bits per heavy atom. The monoisotopic (exact) mass is 440 g/mol. The summed E-state index contributed by atoms with van der Waals surface area (Å²) in [5.41, 5.74) is 6.32. The maximum absolute atomic E-state index is 11.5. The molecule has 3 aliphatic rings. The number of aliphatic hydroxyl groups is 1. The van der Waals surface area contributed by atoms with Gasteiger partial charge in [-0.25, -0.2) is 4.68 Å². The molecule has 6 heteroatoms. The lowest BCUT2D eigenvalue weighted by Gasteiger charge is -2.24. The topological polar surface area (TPSA) is 75.3 Å². The predicted molar refractivity (Wildman–Crippen MR) is 120 cm³/mol. The van der Waals surface area contributed by atoms with Crippen LogP contribution in [0.4, 0.5) is 0 Å². The minimum absolute atomic E-state index is 0.311. The first-order valence-corrected chi connectivity index (χ1v) is 11.8. The molecule has 0 radical (unpaired) electrons. The Hall–Kier alpha value is -2.11. The van der Waals surface area contributed by atoms with E-state index in [2.05, 4.69) is 13.0 Å². The van der Waals surface area contributed by atoms with Gasteiger partial charge in [0.05, 0.1) is 11.6 Å². The van der Waals surface area contributed by atoms with Gasteiger partial charge in [-0.3, -0.25) is 4.79 Å². The van der Waals surface area contributed by atoms with Crippen LogP contribution in [0.5, 0.6) is 0 Å². The number of allylic oxidation sites excluding steroid dienone is 2. The number of benzene rings is 1. The SMILES string of the molecule is CC1CCCc2c1c(C1=CCC(C(=O)O)CC1)nn2C(O)c1c(Cl)cccc1C1CC1. The van der Waals surface area contributed by atoms with Gasteiger partial charge in [-0.05, 0) is 80.4 Å². The van der Waals surface area contributed by atoms with E-state index in [1.807, 2.05) is 18.2 Å². The van der Waals surface area contributed by atoms with Crippen molar-refractivity contribution in [3.63, 3.8) is 0 Å². The lowest BCUT2D eigenvalue weighted by atomic mass is 9.82. The minimum Gasteiger partial charge on any atom is -0.481 e. The molecule has 2 N–H and O–H groups in total. The van der Waals surface area contributed by atoms with Crippen LogP contribution in [0.3, 0.4) is 0 Å². The molecule has 1 aromatic carbocycles. The van der Waals surface area contributed by atoms with Crippen molar-refractivity contribution in [1.29, 1.82) is 0 Å². The number of hydrogen-bond acceptors (Lipinski definition) is 3. The van der Waals surface area contributed by atoms with Crippen LogP contribution >= 0.6 is 11.6 Å². The summed E-state index contributed by atoms with van der Waals surface area (Å²) >= 11 is 6.59. The van der Waals surface area contributed by atoms with Gasteiger partial charge in [-0.15, -0.1) is 0 Å². The standard InChI is InChI=1S/C25H29ClN2O3/c1-14-4-2-7-20-21(14)23(16-10-12-17(13-11-16)25(30)31)27-28(20)24(29)22-18(15-8-9-15)5-3-6-19(22)26/h3,5-6,10,14-15,17,24,29H,2,4,7-9,11-13H2,1H3,(H,30,31). The average Bonchev–Trinajstić information content (AvgIpc) is 3.53. The van der Waals surface area contributed by atoms with Crippen LogP contribution in [0.1, 0.15) is 98.0 Å². The van der Waals surface area contributed by atoms with Gasteiger partial charge in [0.1, 0.15) is 0 Å². The number of hydrogen-bond donors (Lipinski definition) is 2. The first kappa shape index (κ1) is 20.8. The van der Waals surface area contributed by atoms with Crippen molar-refractivity contribution < 1.29 is 15.0 Å². The number of carboxylic acid groups (broad SMARTS) is 1. The maximum atomic E-state index is 11.5. The second kappa shape index (κ2) is 8.10. The zero-order chi connectivity index (χ0) is 21.7. The molecule has 1 fully saturated rings. The summed E-state index contributed by atoms with van der Waals surface area (Å²) < 4.78 is 1.80. The summed E-state index contributed by atoms with van der Waals surface area (Å²) in [5.74, 6) is -0.194. The van der Waals surface area contributed by atoms with Gasteiger partial charge in [0.15, 0.2) is 6.23 Å². The van der Waals surface area contributed by atoms with E-state index in [9.17, 15) is 15.0 Å². The third-order valence-corrected chi connectivity index (χ3v) is 7.58. The molecule has 164 valence electrons. The second-order valence-electron chi connectivity index (χ2n) is 9.38. The smallest absolute Gasteiger partial charge is 0.306 e. The van der Waals surface area contributed by atoms with E-state index in [-0.39, 0.29) is 5.92 Å². The van der Waals surface area contributed by atoms with E-state index in [4.69, 9.17) is 16.7 Å². The van der Waals surface area contributed by atoms with Gasteiger partial charge in [-0.1, -0.05) is 36.7 Å². The second-order valence-corrected chi connectivity index (χ2v) is 9.78. The van der Waals surface area contributed by atoms with E-state index >= 15 is 0 Å². The summed E-state index contributed by atoms with van der Waals surface area (Å²) in [4.78, 5) is 11.4. The average molecular weight is 441 g/mol. The highest BCUT2D eigenvalue weighted by Crippen LogP contribution is 2.46. The summed E-state index contributed by atoms with van der Waals surface area (Å²) in [7, 11) is 0. The molecule has 5 nitrogen and oxygen atoms in total. The number of carboxylic acids is 1. The van der Waals surface area contributed by atoms with Crippen molar-refractivity contribution in [2.24, 2.45) is 5.92 Å². The Balaban J connectivity index is 1.58. The number of aromatic nitrogens is 2. The van der Waals surface area contributed by atoms with E-state index in [1.165, 1.54) is 5.56 Å². The molecule has 31 heavy (non-hydrogen) atoms. The third-order valence-electron chi connectivity index (χ3n) is 7.25. The minimum atomic E-state index is -0.909. The molecule has 0 aliphatic heterocycles. The van der Waals surface area contributed by atoms with E-state index in [0.717, 1.165) is 60.2 Å². The van der Waals surface area contributed by atoms with Crippen LogP contribution in [0.25, 0.3) is 5.57 Å². The lowest BCUT2D eigenvalue weighted by Crippen LogP contribution is -2.19. The first-order chi connectivity index (χ1) is 15.0. The van der Waals surface area contributed by atoms with Gasteiger partial charge < -0.3 is 10.2 Å². The fourth-order valence-corrected chi connectivity index (χ4v) is 5.66. The van der Waals surface area contributed by atoms with Crippen molar-refractivity contribution in [1.82, 2.24) is 9.78 Å². The largest absolute Gasteiger partial charge is 0.481 e. The molecular formula is C25H29ClN2O3. The fraction of sp³-hybridized carbons (Fsp3) is 0.520. The van der Waals surface area contributed by atoms with Gasteiger partial charge in [0.25, 0.3) is 0 Å². The lowest BCUT2D eigenvalue weighted by molar-refractivity contribution is -0.141. The molecule has 0 saturated heterocycles. The Morgan fingerprint density at radius 3 is 2.71 bits per heavy atom. The molecule has 3 unspecified atom stereocenters. The molecule has 0 spiro atoms. The highest BCUT2D eigenvalue weighted by molar-refractivity contribution is 6.31. The van der Waals surface area contributed by atoms with Crippen LogP contribution in [-0.4, -0.2) is 26.0 Å². The van der Waals surface area contributed by atoms with Gasteiger partial charge in [-0.2, -0.15) is 5.10 Å². The van der Waals surface area contributed by atoms with Crippen molar-refractivity contribution in [2.75, 3.05) is 0 Å². The van der Waals surface area contributed by atoms with Crippen molar-refractivity contribution >= 4 is 23.1 Å². The molecule has 1 aromatic heterocycles. The van der Waals surface area contributed by atoms with Crippen molar-refractivity contribution in [3.05, 3.63) is 57.4 Å². The van der Waals surface area contributed by atoms with Crippen LogP contribution < -0.4 is 0 Å². The fourth-order valence-electron chi connectivity index (χ4n) is 5.38. The number of halogens is 1.